The van der Waals surface area contributed by atoms with Crippen LogP contribution in [-0.4, -0.2) is 87.1 Å². The normalized spacial score (nSPS) is 15.4. The molecule has 3 aromatic rings. The van der Waals surface area contributed by atoms with Gasteiger partial charge in [-0.1, -0.05) is 37.1 Å². The average molecular weight is 535 g/mol. The molecule has 1 saturated heterocycles. The lowest BCUT2D eigenvalue weighted by atomic mass is 10.3. The molecule has 14 heteroatoms. The minimum Gasteiger partial charge on any atom is -0.460 e. The van der Waals surface area contributed by atoms with Gasteiger partial charge >= 0.3 is 18.0 Å². The number of carbonyl (C=O) groups is 1. The Morgan fingerprint density at radius 3 is 2.46 bits per heavy atom. The Hall–Kier alpha value is -3.78. The Balaban J connectivity index is 1.31. The third-order valence-corrected chi connectivity index (χ3v) is 5.80. The molecule has 1 fully saturated rings. The summed E-state index contributed by atoms with van der Waals surface area (Å²) in [6.07, 6.45) is 2.65. The summed E-state index contributed by atoms with van der Waals surface area (Å²) in [5.41, 5.74) is 0.250. The highest BCUT2D eigenvalue weighted by Crippen LogP contribution is 2.23. The molecule has 1 N–H and O–H groups in total. The summed E-state index contributed by atoms with van der Waals surface area (Å²) >= 11 is 1.10. The van der Waals surface area contributed by atoms with E-state index in [4.69, 9.17) is 18.9 Å². The van der Waals surface area contributed by atoms with Crippen molar-refractivity contribution < 1.29 is 32.5 Å². The van der Waals surface area contributed by atoms with Gasteiger partial charge in [-0.15, -0.1) is 15.0 Å². The lowest BCUT2D eigenvalue weighted by Gasteiger charge is -2.32. The number of thioether (sulfide) groups is 1. The number of benzene rings is 1. The van der Waals surface area contributed by atoms with E-state index >= 15 is 0 Å². The Morgan fingerprint density at radius 1 is 1.11 bits per heavy atom. The lowest BCUT2D eigenvalue weighted by molar-refractivity contribution is -0.137. The standard InChI is InChI=1S/C23H24F2N6O5S/c1-3-6-34-20-28-21(35-7-4-2)30-22(29-20)36-12-15-11-31(5-8-33-15)18(32)13-37-23-26-17-10-14(24)9-16(25)19(17)27-23/h3-4,9-10,15H,1-2,5-8,11-13H2,(H,26,27). The molecule has 2 aromatic heterocycles. The number of hydrogen-bond donors (Lipinski definition) is 1. The summed E-state index contributed by atoms with van der Waals surface area (Å²) in [6.45, 7) is 8.60. The highest BCUT2D eigenvalue weighted by atomic mass is 32.2. The number of imidazole rings is 1. The average Bonchev–Trinajstić information content (AvgIpc) is 3.31. The largest absolute Gasteiger partial charge is 0.460 e. The second-order valence-electron chi connectivity index (χ2n) is 7.64. The predicted molar refractivity (Wildman–Crippen MR) is 130 cm³/mol. The first-order chi connectivity index (χ1) is 17.9. The van der Waals surface area contributed by atoms with Crippen molar-refractivity contribution in [3.63, 3.8) is 0 Å². The first-order valence-electron chi connectivity index (χ1n) is 11.2. The number of nitrogens with one attached hydrogen (secondary N) is 1. The number of hydrogen-bond acceptors (Lipinski definition) is 10. The van der Waals surface area contributed by atoms with Crippen LogP contribution < -0.4 is 14.2 Å². The van der Waals surface area contributed by atoms with Crippen molar-refractivity contribution in [2.75, 3.05) is 45.3 Å². The van der Waals surface area contributed by atoms with Gasteiger partial charge in [0, 0.05) is 12.6 Å². The second-order valence-corrected chi connectivity index (χ2v) is 8.60. The zero-order chi connectivity index (χ0) is 26.2. The fourth-order valence-electron chi connectivity index (χ4n) is 3.30. The van der Waals surface area contributed by atoms with E-state index < -0.39 is 17.7 Å². The van der Waals surface area contributed by atoms with Crippen molar-refractivity contribution in [1.29, 1.82) is 0 Å². The molecule has 0 saturated carbocycles. The molecule has 37 heavy (non-hydrogen) atoms. The van der Waals surface area contributed by atoms with Gasteiger partial charge in [-0.3, -0.25) is 4.79 Å². The highest BCUT2D eigenvalue weighted by Gasteiger charge is 2.26. The molecule has 1 aromatic carbocycles. The summed E-state index contributed by atoms with van der Waals surface area (Å²) < 4.78 is 49.4. The second kappa shape index (κ2) is 12.5. The molecule has 0 bridgehead atoms. The zero-order valence-electron chi connectivity index (χ0n) is 19.7. The molecule has 1 amide bonds. The molecule has 1 aliphatic heterocycles. The maximum atomic E-state index is 13.9. The van der Waals surface area contributed by atoms with Gasteiger partial charge < -0.3 is 28.8 Å². The maximum absolute atomic E-state index is 13.9. The van der Waals surface area contributed by atoms with E-state index in [1.165, 1.54) is 0 Å². The number of amides is 1. The molecular weight excluding hydrogens is 510 g/mol. The highest BCUT2D eigenvalue weighted by molar-refractivity contribution is 7.99. The third kappa shape index (κ3) is 7.13. The van der Waals surface area contributed by atoms with Gasteiger partial charge in [-0.05, 0) is 6.07 Å². The van der Waals surface area contributed by atoms with Crippen LogP contribution in [0.3, 0.4) is 0 Å². The first-order valence-corrected chi connectivity index (χ1v) is 12.2. The number of morpholine rings is 1. The monoisotopic (exact) mass is 534 g/mol. The van der Waals surface area contributed by atoms with Crippen LogP contribution in [-0.2, 0) is 9.53 Å². The van der Waals surface area contributed by atoms with E-state index in [-0.39, 0.29) is 67.1 Å². The molecule has 11 nitrogen and oxygen atoms in total. The fraction of sp³-hybridized carbons (Fsp3) is 0.348. The molecule has 1 aliphatic rings. The Bertz CT molecular complexity index is 1250. The van der Waals surface area contributed by atoms with Crippen LogP contribution in [0.4, 0.5) is 8.78 Å². The molecule has 0 radical (unpaired) electrons. The van der Waals surface area contributed by atoms with Gasteiger partial charge in [0.2, 0.25) is 5.91 Å². The van der Waals surface area contributed by atoms with Crippen LogP contribution in [0.25, 0.3) is 11.0 Å². The summed E-state index contributed by atoms with van der Waals surface area (Å²) in [4.78, 5) is 33.5. The summed E-state index contributed by atoms with van der Waals surface area (Å²) in [6, 6.07) is 1.91. The minimum atomic E-state index is -0.766. The zero-order valence-corrected chi connectivity index (χ0v) is 20.5. The van der Waals surface area contributed by atoms with Crippen LogP contribution in [0.2, 0.25) is 0 Å². The number of nitrogens with zero attached hydrogens (tertiary/aromatic N) is 5. The van der Waals surface area contributed by atoms with Crippen LogP contribution >= 0.6 is 11.8 Å². The summed E-state index contributed by atoms with van der Waals surface area (Å²) in [5, 5.41) is 0.319. The van der Waals surface area contributed by atoms with E-state index in [0.717, 1.165) is 23.9 Å². The quantitative estimate of drug-likeness (QED) is 0.274. The Morgan fingerprint density at radius 2 is 1.78 bits per heavy atom. The van der Waals surface area contributed by atoms with Crippen molar-refractivity contribution in [3.8, 4) is 18.0 Å². The molecule has 0 aliphatic carbocycles. The lowest BCUT2D eigenvalue weighted by Crippen LogP contribution is -2.48. The minimum absolute atomic E-state index is 0.00978. The molecule has 196 valence electrons. The molecular formula is C23H24F2N6O5S. The van der Waals surface area contributed by atoms with Crippen LogP contribution in [0.15, 0.2) is 42.6 Å². The molecule has 4 rings (SSSR count). The van der Waals surface area contributed by atoms with Gasteiger partial charge in [0.15, 0.2) is 11.0 Å². The SMILES string of the molecule is C=CCOc1nc(OCC=C)nc(OCC2CN(C(=O)CSc3nc4c(F)cc(F)cc4[nH]3)CCO2)n1. The number of rotatable bonds is 12. The van der Waals surface area contributed by atoms with Gasteiger partial charge in [-0.2, -0.15) is 0 Å². The molecule has 1 atom stereocenters. The van der Waals surface area contributed by atoms with E-state index in [2.05, 4.69) is 38.1 Å². The number of H-pyrrole nitrogens is 1. The van der Waals surface area contributed by atoms with E-state index in [1.54, 1.807) is 17.1 Å². The number of ether oxygens (including phenoxy) is 4. The smallest absolute Gasteiger partial charge is 0.326 e. The van der Waals surface area contributed by atoms with Crippen molar-refractivity contribution in [2.24, 2.45) is 0 Å². The first kappa shape index (κ1) is 26.3. The number of aromatic amines is 1. The number of aromatic nitrogens is 5. The van der Waals surface area contributed by atoms with Crippen LogP contribution in [0.5, 0.6) is 18.0 Å². The van der Waals surface area contributed by atoms with Crippen LogP contribution in [0, 0.1) is 11.6 Å². The predicted octanol–water partition coefficient (Wildman–Crippen LogP) is 2.55. The van der Waals surface area contributed by atoms with Crippen molar-refractivity contribution in [2.45, 2.75) is 11.3 Å². The molecule has 3 heterocycles. The Kier molecular flexibility index (Phi) is 8.85. The summed E-state index contributed by atoms with van der Waals surface area (Å²) in [5.74, 6) is -1.58. The fourth-order valence-corrected chi connectivity index (χ4v) is 4.09. The van der Waals surface area contributed by atoms with Crippen LogP contribution in [0.1, 0.15) is 0 Å². The van der Waals surface area contributed by atoms with Crippen molar-refractivity contribution >= 4 is 28.7 Å². The molecule has 1 unspecified atom stereocenters. The third-order valence-electron chi connectivity index (χ3n) is 4.94. The van der Waals surface area contributed by atoms with Gasteiger partial charge in [-0.25, -0.2) is 13.8 Å². The van der Waals surface area contributed by atoms with Gasteiger partial charge in [0.05, 0.1) is 24.4 Å². The summed E-state index contributed by atoms with van der Waals surface area (Å²) in [7, 11) is 0. The van der Waals surface area contributed by atoms with E-state index in [1.807, 2.05) is 0 Å². The van der Waals surface area contributed by atoms with Gasteiger partial charge in [0.25, 0.3) is 0 Å². The number of halogens is 2. The Labute approximate surface area is 214 Å². The van der Waals surface area contributed by atoms with E-state index in [0.29, 0.717) is 18.3 Å². The van der Waals surface area contributed by atoms with Crippen molar-refractivity contribution in [3.05, 3.63) is 49.1 Å². The molecule has 0 spiro atoms. The van der Waals surface area contributed by atoms with Gasteiger partial charge in [0.1, 0.15) is 37.3 Å². The number of fused-ring (bicyclic) bond motifs is 1. The maximum Gasteiger partial charge on any atom is 0.326 e. The van der Waals surface area contributed by atoms with E-state index in [9.17, 15) is 13.6 Å². The van der Waals surface area contributed by atoms with Crippen molar-refractivity contribution in [1.82, 2.24) is 29.8 Å². The topological polar surface area (TPSA) is 125 Å². The number of carbonyl (C=O) groups excluding carboxylic acids is 1.